The van der Waals surface area contributed by atoms with Crippen molar-refractivity contribution in [1.82, 2.24) is 0 Å². The van der Waals surface area contributed by atoms with Gasteiger partial charge in [0.15, 0.2) is 0 Å². The lowest BCUT2D eigenvalue weighted by atomic mass is 9.81. The molecule has 1 saturated heterocycles. The highest BCUT2D eigenvalue weighted by Crippen LogP contribution is 2.56. The molecule has 0 aromatic heterocycles. The van der Waals surface area contributed by atoms with E-state index in [0.29, 0.717) is 23.1 Å². The molecule has 0 unspecified atom stereocenters. The van der Waals surface area contributed by atoms with Crippen LogP contribution >= 0.6 is 0 Å². The molecule has 1 aromatic carbocycles. The van der Waals surface area contributed by atoms with Crippen molar-refractivity contribution in [3.63, 3.8) is 0 Å². The van der Waals surface area contributed by atoms with Crippen LogP contribution in [0.3, 0.4) is 0 Å². The molecule has 27 heavy (non-hydrogen) atoms. The van der Waals surface area contributed by atoms with Crippen LogP contribution in [0, 0.1) is 23.7 Å². The van der Waals surface area contributed by atoms with Gasteiger partial charge in [0.25, 0.3) is 0 Å². The second-order valence-corrected chi connectivity index (χ2v) is 8.61. The van der Waals surface area contributed by atoms with Crippen LogP contribution in [-0.4, -0.2) is 23.9 Å². The molecule has 5 nitrogen and oxygen atoms in total. The molecule has 3 saturated carbocycles. The minimum absolute atomic E-state index is 0.0139. The molecule has 4 fully saturated rings. The van der Waals surface area contributed by atoms with Crippen LogP contribution in [0.15, 0.2) is 24.3 Å². The van der Waals surface area contributed by atoms with Crippen LogP contribution in [0.1, 0.15) is 61.7 Å². The molecule has 4 atom stereocenters. The van der Waals surface area contributed by atoms with Crippen molar-refractivity contribution in [2.45, 2.75) is 57.5 Å². The Balaban J connectivity index is 1.37. The molecule has 1 aromatic rings. The number of fused-ring (bicyclic) bond motifs is 5. The monoisotopic (exact) mass is 367 g/mol. The standard InChI is InChI=1S/C22H25NO4/c24-20-18-13-9-10-14(11-13)19(18)21(25)23(20)16-6-4-5-15(12-16)22(26)27-17-7-2-1-3-8-17/h4-6,12-14,17-19H,1-3,7-11H2/t13-,14+,18-,19+. The summed E-state index contributed by atoms with van der Waals surface area (Å²) >= 11 is 0. The fourth-order valence-electron chi connectivity index (χ4n) is 5.84. The van der Waals surface area contributed by atoms with E-state index in [2.05, 4.69) is 0 Å². The van der Waals surface area contributed by atoms with Crippen molar-refractivity contribution in [3.8, 4) is 0 Å². The molecule has 3 aliphatic carbocycles. The van der Waals surface area contributed by atoms with Gasteiger partial charge < -0.3 is 4.74 Å². The van der Waals surface area contributed by atoms with E-state index in [1.807, 2.05) is 0 Å². The molecule has 1 heterocycles. The first kappa shape index (κ1) is 17.0. The number of rotatable bonds is 3. The average Bonchev–Trinajstić information content (AvgIpc) is 3.36. The van der Waals surface area contributed by atoms with Gasteiger partial charge in [0.1, 0.15) is 6.10 Å². The number of amides is 2. The second-order valence-electron chi connectivity index (χ2n) is 8.61. The van der Waals surface area contributed by atoms with Crippen LogP contribution < -0.4 is 4.90 Å². The fourth-order valence-corrected chi connectivity index (χ4v) is 5.84. The number of carbonyl (C=O) groups excluding carboxylic acids is 3. The van der Waals surface area contributed by atoms with Crippen molar-refractivity contribution >= 4 is 23.5 Å². The van der Waals surface area contributed by atoms with Gasteiger partial charge in [-0.2, -0.15) is 0 Å². The summed E-state index contributed by atoms with van der Waals surface area (Å²) in [7, 11) is 0. The van der Waals surface area contributed by atoms with E-state index < -0.39 is 0 Å². The summed E-state index contributed by atoms with van der Waals surface area (Å²) in [5, 5.41) is 0. The highest BCUT2D eigenvalue weighted by atomic mass is 16.5. The number of nitrogens with zero attached hydrogens (tertiary/aromatic N) is 1. The number of hydrogen-bond donors (Lipinski definition) is 0. The molecule has 0 spiro atoms. The number of hydrogen-bond acceptors (Lipinski definition) is 4. The lowest BCUT2D eigenvalue weighted by Gasteiger charge is -2.22. The molecule has 5 heteroatoms. The van der Waals surface area contributed by atoms with E-state index in [1.165, 1.54) is 11.3 Å². The smallest absolute Gasteiger partial charge is 0.338 e. The van der Waals surface area contributed by atoms with Gasteiger partial charge in [0, 0.05) is 0 Å². The SMILES string of the molecule is O=C(OC1CCCCC1)c1cccc(N2C(=O)[C@@H]3[C@@H]4CC[C@@H](C4)[C@@H]3C2=O)c1. The van der Waals surface area contributed by atoms with Gasteiger partial charge in [-0.05, 0) is 75.0 Å². The molecular weight excluding hydrogens is 342 g/mol. The van der Waals surface area contributed by atoms with E-state index in [-0.39, 0.29) is 35.7 Å². The van der Waals surface area contributed by atoms with Crippen molar-refractivity contribution in [3.05, 3.63) is 29.8 Å². The van der Waals surface area contributed by atoms with Crippen molar-refractivity contribution in [1.29, 1.82) is 0 Å². The summed E-state index contributed by atoms with van der Waals surface area (Å²) < 4.78 is 5.64. The Morgan fingerprint density at radius 3 is 2.26 bits per heavy atom. The summed E-state index contributed by atoms with van der Waals surface area (Å²) in [6, 6.07) is 6.82. The predicted molar refractivity (Wildman–Crippen MR) is 99.0 cm³/mol. The van der Waals surface area contributed by atoms with E-state index in [0.717, 1.165) is 44.9 Å². The first-order valence-electron chi connectivity index (χ1n) is 10.3. The molecule has 0 radical (unpaired) electrons. The molecule has 5 rings (SSSR count). The minimum Gasteiger partial charge on any atom is -0.459 e. The molecular formula is C22H25NO4. The lowest BCUT2D eigenvalue weighted by Crippen LogP contribution is -2.33. The van der Waals surface area contributed by atoms with Gasteiger partial charge in [-0.15, -0.1) is 0 Å². The van der Waals surface area contributed by atoms with Crippen LogP contribution in [0.2, 0.25) is 0 Å². The Bertz CT molecular complexity index is 769. The third-order valence-corrected chi connectivity index (χ3v) is 7.09. The summed E-state index contributed by atoms with van der Waals surface area (Å²) in [6.45, 7) is 0. The maximum Gasteiger partial charge on any atom is 0.338 e. The van der Waals surface area contributed by atoms with E-state index in [4.69, 9.17) is 4.74 Å². The number of benzene rings is 1. The van der Waals surface area contributed by atoms with Gasteiger partial charge >= 0.3 is 5.97 Å². The van der Waals surface area contributed by atoms with Crippen molar-refractivity contribution in [2.75, 3.05) is 4.90 Å². The maximum atomic E-state index is 13.0. The Hall–Kier alpha value is -2.17. The van der Waals surface area contributed by atoms with Gasteiger partial charge in [-0.3, -0.25) is 14.5 Å². The first-order chi connectivity index (χ1) is 13.1. The summed E-state index contributed by atoms with van der Waals surface area (Å²) in [4.78, 5) is 39.8. The summed E-state index contributed by atoms with van der Waals surface area (Å²) in [5.41, 5.74) is 0.926. The predicted octanol–water partition coefficient (Wildman–Crippen LogP) is 3.71. The summed E-state index contributed by atoms with van der Waals surface area (Å²) in [6.07, 6.45) is 8.36. The Morgan fingerprint density at radius 1 is 0.926 bits per heavy atom. The zero-order valence-corrected chi connectivity index (χ0v) is 15.4. The Labute approximate surface area is 159 Å². The number of carbonyl (C=O) groups is 3. The van der Waals surface area contributed by atoms with Gasteiger partial charge in [-0.1, -0.05) is 12.5 Å². The minimum atomic E-state index is -0.358. The van der Waals surface area contributed by atoms with E-state index in [1.54, 1.807) is 24.3 Å². The molecule has 4 aliphatic rings. The topological polar surface area (TPSA) is 63.7 Å². The zero-order chi connectivity index (χ0) is 18.5. The third kappa shape index (κ3) is 2.70. The van der Waals surface area contributed by atoms with Crippen LogP contribution in [0.5, 0.6) is 0 Å². The highest BCUT2D eigenvalue weighted by Gasteiger charge is 2.61. The number of esters is 1. The van der Waals surface area contributed by atoms with Gasteiger partial charge in [0.05, 0.1) is 23.1 Å². The Morgan fingerprint density at radius 2 is 1.59 bits per heavy atom. The number of anilines is 1. The van der Waals surface area contributed by atoms with Gasteiger partial charge in [-0.25, -0.2) is 4.79 Å². The molecule has 2 amide bonds. The van der Waals surface area contributed by atoms with Crippen LogP contribution in [0.25, 0.3) is 0 Å². The zero-order valence-electron chi connectivity index (χ0n) is 15.4. The lowest BCUT2D eigenvalue weighted by molar-refractivity contribution is -0.123. The normalized spacial score (nSPS) is 32.8. The number of ether oxygens (including phenoxy) is 1. The van der Waals surface area contributed by atoms with Crippen LogP contribution in [-0.2, 0) is 14.3 Å². The van der Waals surface area contributed by atoms with E-state index >= 15 is 0 Å². The molecule has 0 N–H and O–H groups in total. The average molecular weight is 367 g/mol. The van der Waals surface area contributed by atoms with E-state index in [9.17, 15) is 14.4 Å². The third-order valence-electron chi connectivity index (χ3n) is 7.09. The quantitative estimate of drug-likeness (QED) is 0.603. The molecule has 2 bridgehead atoms. The largest absolute Gasteiger partial charge is 0.459 e. The van der Waals surface area contributed by atoms with Crippen molar-refractivity contribution < 1.29 is 19.1 Å². The fraction of sp³-hybridized carbons (Fsp3) is 0.591. The van der Waals surface area contributed by atoms with Crippen molar-refractivity contribution in [2.24, 2.45) is 23.7 Å². The summed E-state index contributed by atoms with van der Waals surface area (Å²) in [5.74, 6) is -0.0712. The van der Waals surface area contributed by atoms with Gasteiger partial charge in [0.2, 0.25) is 11.8 Å². The number of imide groups is 1. The highest BCUT2D eigenvalue weighted by molar-refractivity contribution is 6.22. The molecule has 1 aliphatic heterocycles. The Kier molecular flexibility index (Phi) is 4.06. The maximum absolute atomic E-state index is 13.0. The molecule has 142 valence electrons. The second kappa shape index (κ2) is 6.47. The first-order valence-corrected chi connectivity index (χ1v) is 10.3. The van der Waals surface area contributed by atoms with Crippen LogP contribution in [0.4, 0.5) is 5.69 Å².